The molecule has 0 bridgehead atoms. The molecule has 0 saturated carbocycles. The van der Waals surface area contributed by atoms with Gasteiger partial charge in [0.05, 0.1) is 6.04 Å². The summed E-state index contributed by atoms with van der Waals surface area (Å²) < 4.78 is 35.7. The van der Waals surface area contributed by atoms with Gasteiger partial charge in [0.2, 0.25) is 5.91 Å². The quantitative estimate of drug-likeness (QED) is 0.763. The second-order valence-corrected chi connectivity index (χ2v) is 4.83. The zero-order valence-electron chi connectivity index (χ0n) is 10.7. The molecule has 102 valence electrons. The van der Waals surface area contributed by atoms with E-state index in [1.165, 1.54) is 0 Å². The van der Waals surface area contributed by atoms with Crippen LogP contribution in [0.2, 0.25) is 0 Å². The van der Waals surface area contributed by atoms with Crippen LogP contribution in [0.25, 0.3) is 0 Å². The Hall–Kier alpha value is -0.780. The summed E-state index contributed by atoms with van der Waals surface area (Å²) in [7, 11) is 0. The monoisotopic (exact) mass is 254 g/mol. The van der Waals surface area contributed by atoms with E-state index in [1.807, 2.05) is 26.1 Å². The molecule has 0 fully saturated rings. The van der Waals surface area contributed by atoms with E-state index in [0.717, 1.165) is 12.8 Å². The minimum atomic E-state index is -4.37. The van der Waals surface area contributed by atoms with E-state index < -0.39 is 24.7 Å². The number of carbonyl (C=O) groups excluding carboxylic acids is 1. The number of hydrogen-bond acceptors (Lipinski definition) is 2. The predicted molar refractivity (Wildman–Crippen MR) is 60.6 cm³/mol. The molecule has 2 N–H and O–H groups in total. The Morgan fingerprint density at radius 3 is 2.24 bits per heavy atom. The zero-order valence-corrected chi connectivity index (χ0v) is 10.7. The number of rotatable bonds is 6. The van der Waals surface area contributed by atoms with Crippen molar-refractivity contribution >= 4 is 5.91 Å². The van der Waals surface area contributed by atoms with Gasteiger partial charge in [0.25, 0.3) is 0 Å². The molecule has 0 spiro atoms. The zero-order chi connectivity index (χ0) is 13.7. The lowest BCUT2D eigenvalue weighted by atomic mass is 9.98. The van der Waals surface area contributed by atoms with E-state index in [2.05, 4.69) is 5.32 Å². The number of halogens is 3. The highest BCUT2D eigenvalue weighted by Gasteiger charge is 2.29. The van der Waals surface area contributed by atoms with E-state index in [-0.39, 0.29) is 5.54 Å². The summed E-state index contributed by atoms with van der Waals surface area (Å²) in [5, 5.41) is 4.87. The normalized spacial score (nSPS) is 14.5. The van der Waals surface area contributed by atoms with Gasteiger partial charge in [-0.3, -0.25) is 4.79 Å². The number of alkyl halides is 3. The largest absolute Gasteiger partial charge is 0.405 e. The van der Waals surface area contributed by atoms with Crippen LogP contribution in [0.4, 0.5) is 13.2 Å². The second kappa shape index (κ2) is 6.23. The van der Waals surface area contributed by atoms with Crippen LogP contribution in [-0.2, 0) is 4.79 Å². The third-order valence-electron chi connectivity index (χ3n) is 2.34. The van der Waals surface area contributed by atoms with Gasteiger partial charge in [-0.05, 0) is 27.2 Å². The molecule has 0 aliphatic rings. The van der Waals surface area contributed by atoms with Crippen molar-refractivity contribution in [1.29, 1.82) is 0 Å². The molecule has 0 aromatic heterocycles. The first-order valence-corrected chi connectivity index (χ1v) is 5.69. The van der Waals surface area contributed by atoms with E-state index in [1.54, 1.807) is 6.92 Å². The molecule has 0 aliphatic carbocycles. The van der Waals surface area contributed by atoms with E-state index in [0.29, 0.717) is 0 Å². The molecule has 1 amide bonds. The Morgan fingerprint density at radius 2 is 1.82 bits per heavy atom. The van der Waals surface area contributed by atoms with Crippen molar-refractivity contribution in [3.8, 4) is 0 Å². The van der Waals surface area contributed by atoms with Gasteiger partial charge in [-0.1, -0.05) is 13.3 Å². The predicted octanol–water partition coefficient (Wildman–Crippen LogP) is 2.22. The molecule has 0 aliphatic heterocycles. The highest BCUT2D eigenvalue weighted by Crippen LogP contribution is 2.13. The summed E-state index contributed by atoms with van der Waals surface area (Å²) in [6.07, 6.45) is -2.57. The van der Waals surface area contributed by atoms with Crippen LogP contribution in [0.1, 0.15) is 40.5 Å². The Kier molecular flexibility index (Phi) is 5.95. The number of nitrogens with one attached hydrogen (secondary N) is 2. The molecule has 0 saturated heterocycles. The summed E-state index contributed by atoms with van der Waals surface area (Å²) in [6, 6.07) is -0.640. The lowest BCUT2D eigenvalue weighted by Crippen LogP contribution is -2.52. The van der Waals surface area contributed by atoms with Crippen LogP contribution in [0.5, 0.6) is 0 Å². The molecule has 0 heterocycles. The number of hydrogen-bond donors (Lipinski definition) is 2. The summed E-state index contributed by atoms with van der Waals surface area (Å²) >= 11 is 0. The minimum Gasteiger partial charge on any atom is -0.346 e. The SMILES string of the molecule is CCCC(C)(C)NC(C)C(=O)NCC(F)(F)F. The highest BCUT2D eigenvalue weighted by molar-refractivity contribution is 5.81. The smallest absolute Gasteiger partial charge is 0.346 e. The lowest BCUT2D eigenvalue weighted by molar-refractivity contribution is -0.139. The third kappa shape index (κ3) is 8.01. The van der Waals surface area contributed by atoms with Crippen molar-refractivity contribution in [1.82, 2.24) is 10.6 Å². The Labute approximate surface area is 100 Å². The van der Waals surface area contributed by atoms with Crippen LogP contribution in [0.15, 0.2) is 0 Å². The maximum Gasteiger partial charge on any atom is 0.405 e. The van der Waals surface area contributed by atoms with Gasteiger partial charge in [-0.2, -0.15) is 13.2 Å². The first-order chi connectivity index (χ1) is 7.57. The molecule has 1 atom stereocenters. The number of amides is 1. The fraction of sp³-hybridized carbons (Fsp3) is 0.909. The summed E-state index contributed by atoms with van der Waals surface area (Å²) in [5.74, 6) is -0.633. The fourth-order valence-electron chi connectivity index (χ4n) is 1.69. The Morgan fingerprint density at radius 1 is 1.29 bits per heavy atom. The van der Waals surface area contributed by atoms with Crippen LogP contribution in [-0.4, -0.2) is 30.2 Å². The van der Waals surface area contributed by atoms with E-state index in [9.17, 15) is 18.0 Å². The number of carbonyl (C=O) groups is 1. The Bertz CT molecular complexity index is 252. The summed E-state index contributed by atoms with van der Waals surface area (Å²) in [6.45, 7) is 6.13. The third-order valence-corrected chi connectivity index (χ3v) is 2.34. The molecule has 0 aromatic rings. The van der Waals surface area contributed by atoms with Crippen molar-refractivity contribution in [2.75, 3.05) is 6.54 Å². The first-order valence-electron chi connectivity index (χ1n) is 5.69. The van der Waals surface area contributed by atoms with E-state index in [4.69, 9.17) is 0 Å². The Balaban J connectivity index is 4.14. The maximum absolute atomic E-state index is 11.9. The molecule has 0 aromatic carbocycles. The molecule has 3 nitrogen and oxygen atoms in total. The topological polar surface area (TPSA) is 41.1 Å². The van der Waals surface area contributed by atoms with Crippen LogP contribution < -0.4 is 10.6 Å². The van der Waals surface area contributed by atoms with E-state index >= 15 is 0 Å². The fourth-order valence-corrected chi connectivity index (χ4v) is 1.69. The average molecular weight is 254 g/mol. The van der Waals surface area contributed by atoms with Crippen molar-refractivity contribution in [3.63, 3.8) is 0 Å². The summed E-state index contributed by atoms with van der Waals surface area (Å²) in [5.41, 5.74) is -0.260. The minimum absolute atomic E-state index is 0.260. The molecule has 0 radical (unpaired) electrons. The van der Waals surface area contributed by atoms with Crippen molar-refractivity contribution in [3.05, 3.63) is 0 Å². The lowest BCUT2D eigenvalue weighted by Gasteiger charge is -2.29. The average Bonchev–Trinajstić information content (AvgIpc) is 2.11. The van der Waals surface area contributed by atoms with Crippen molar-refractivity contribution in [2.24, 2.45) is 0 Å². The molecule has 17 heavy (non-hydrogen) atoms. The van der Waals surface area contributed by atoms with Crippen LogP contribution in [0, 0.1) is 0 Å². The van der Waals surface area contributed by atoms with Gasteiger partial charge in [-0.25, -0.2) is 0 Å². The highest BCUT2D eigenvalue weighted by atomic mass is 19.4. The standard InChI is InChI=1S/C11H21F3N2O/c1-5-6-10(3,4)16-8(2)9(17)15-7-11(12,13)14/h8,16H,5-7H2,1-4H3,(H,15,17). The van der Waals surface area contributed by atoms with Crippen molar-refractivity contribution in [2.45, 2.75) is 58.3 Å². The van der Waals surface area contributed by atoms with Gasteiger partial charge < -0.3 is 10.6 Å². The molecular weight excluding hydrogens is 233 g/mol. The molecule has 0 rings (SSSR count). The van der Waals surface area contributed by atoms with Gasteiger partial charge in [0.15, 0.2) is 0 Å². The molecular formula is C11H21F3N2O. The van der Waals surface area contributed by atoms with Crippen LogP contribution in [0.3, 0.4) is 0 Å². The van der Waals surface area contributed by atoms with Gasteiger partial charge in [0.1, 0.15) is 6.54 Å². The molecule has 6 heteroatoms. The summed E-state index contributed by atoms with van der Waals surface area (Å²) in [4.78, 5) is 11.4. The maximum atomic E-state index is 11.9. The van der Waals surface area contributed by atoms with Gasteiger partial charge in [-0.15, -0.1) is 0 Å². The van der Waals surface area contributed by atoms with Crippen LogP contribution >= 0.6 is 0 Å². The second-order valence-electron chi connectivity index (χ2n) is 4.83. The van der Waals surface area contributed by atoms with Gasteiger partial charge >= 0.3 is 6.18 Å². The first kappa shape index (κ1) is 16.2. The van der Waals surface area contributed by atoms with Crippen molar-refractivity contribution < 1.29 is 18.0 Å². The molecule has 1 unspecified atom stereocenters. The van der Waals surface area contributed by atoms with Gasteiger partial charge in [0, 0.05) is 5.54 Å².